The van der Waals surface area contributed by atoms with Gasteiger partial charge in [0.05, 0.1) is 7.11 Å². The van der Waals surface area contributed by atoms with E-state index in [0.717, 1.165) is 11.3 Å². The Kier molecular flexibility index (Phi) is 5.60. The molecule has 0 radical (unpaired) electrons. The highest BCUT2D eigenvalue weighted by atomic mass is 16.5. The van der Waals surface area contributed by atoms with E-state index >= 15 is 0 Å². The van der Waals surface area contributed by atoms with Crippen LogP contribution in [0.5, 0.6) is 11.5 Å². The average Bonchev–Trinajstić information content (AvgIpc) is 2.54. The van der Waals surface area contributed by atoms with Crippen molar-refractivity contribution in [3.05, 3.63) is 60.2 Å². The maximum Gasteiger partial charge on any atom is 0.151 e. The zero-order valence-corrected chi connectivity index (χ0v) is 12.3. The molecular weight excluding hydrogens is 266 g/mol. The number of rotatable bonds is 7. The van der Waals surface area contributed by atoms with Crippen LogP contribution in [-0.2, 0) is 0 Å². The fraction of sp³-hybridized carbons (Fsp3) is 0.294. The van der Waals surface area contributed by atoms with Crippen LogP contribution in [0, 0.1) is 0 Å². The van der Waals surface area contributed by atoms with Crippen molar-refractivity contribution in [2.75, 3.05) is 20.7 Å². The van der Waals surface area contributed by atoms with Gasteiger partial charge in [-0.15, -0.1) is 0 Å². The van der Waals surface area contributed by atoms with Crippen LogP contribution in [-0.4, -0.2) is 31.9 Å². The summed E-state index contributed by atoms with van der Waals surface area (Å²) < 4.78 is 11.1. The number of hydrogen-bond donors (Lipinski definition) is 2. The summed E-state index contributed by atoms with van der Waals surface area (Å²) in [6, 6.07) is 17.1. The van der Waals surface area contributed by atoms with Gasteiger partial charge < -0.3 is 19.9 Å². The van der Waals surface area contributed by atoms with E-state index in [1.807, 2.05) is 54.6 Å². The number of aliphatic hydroxyl groups is 1. The third-order valence-corrected chi connectivity index (χ3v) is 3.21. The Hall–Kier alpha value is -2.04. The lowest BCUT2D eigenvalue weighted by atomic mass is 10.0. The number of aliphatic hydroxyl groups excluding tert-OH is 1. The second kappa shape index (κ2) is 7.67. The molecule has 0 heterocycles. The number of nitrogens with one attached hydrogen (secondary N) is 1. The van der Waals surface area contributed by atoms with Gasteiger partial charge in [0.1, 0.15) is 17.6 Å². The second-order valence-corrected chi connectivity index (χ2v) is 4.75. The van der Waals surface area contributed by atoms with Gasteiger partial charge in [-0.2, -0.15) is 0 Å². The minimum absolute atomic E-state index is 0.424. The molecule has 112 valence electrons. The maximum absolute atomic E-state index is 10.3. The maximum atomic E-state index is 10.3. The van der Waals surface area contributed by atoms with E-state index < -0.39 is 12.2 Å². The quantitative estimate of drug-likeness (QED) is 0.821. The van der Waals surface area contributed by atoms with E-state index in [-0.39, 0.29) is 0 Å². The first-order valence-corrected chi connectivity index (χ1v) is 6.93. The van der Waals surface area contributed by atoms with Crippen LogP contribution in [0.3, 0.4) is 0 Å². The summed E-state index contributed by atoms with van der Waals surface area (Å²) in [5, 5.41) is 13.3. The highest BCUT2D eigenvalue weighted by Crippen LogP contribution is 2.26. The average molecular weight is 287 g/mol. The zero-order valence-electron chi connectivity index (χ0n) is 12.3. The number of methoxy groups -OCH3 is 1. The fourth-order valence-electron chi connectivity index (χ4n) is 2.13. The van der Waals surface area contributed by atoms with Crippen molar-refractivity contribution < 1.29 is 14.6 Å². The Morgan fingerprint density at radius 1 is 1.00 bits per heavy atom. The minimum atomic E-state index is -0.639. The van der Waals surface area contributed by atoms with E-state index in [1.165, 1.54) is 0 Å². The summed E-state index contributed by atoms with van der Waals surface area (Å²) in [6.45, 7) is 0.454. The second-order valence-electron chi connectivity index (χ2n) is 4.75. The van der Waals surface area contributed by atoms with E-state index in [1.54, 1.807) is 14.2 Å². The first-order chi connectivity index (χ1) is 10.2. The van der Waals surface area contributed by atoms with Gasteiger partial charge in [0.15, 0.2) is 6.10 Å². The van der Waals surface area contributed by atoms with Crippen molar-refractivity contribution in [1.82, 2.24) is 5.32 Å². The fourth-order valence-corrected chi connectivity index (χ4v) is 2.13. The molecule has 0 saturated heterocycles. The lowest BCUT2D eigenvalue weighted by Gasteiger charge is -2.24. The van der Waals surface area contributed by atoms with Crippen molar-refractivity contribution in [2.24, 2.45) is 0 Å². The molecule has 2 rings (SSSR count). The predicted octanol–water partition coefficient (Wildman–Crippen LogP) is 2.40. The molecule has 0 aromatic heterocycles. The lowest BCUT2D eigenvalue weighted by molar-refractivity contribution is 0.0369. The molecule has 0 aliphatic rings. The molecular formula is C17H21NO3. The van der Waals surface area contributed by atoms with Gasteiger partial charge in [-0.05, 0) is 36.9 Å². The molecule has 0 spiro atoms. The van der Waals surface area contributed by atoms with Crippen LogP contribution in [0.4, 0.5) is 0 Å². The molecule has 21 heavy (non-hydrogen) atoms. The van der Waals surface area contributed by atoms with Gasteiger partial charge in [0.25, 0.3) is 0 Å². The highest BCUT2D eigenvalue weighted by Gasteiger charge is 2.22. The van der Waals surface area contributed by atoms with Crippen LogP contribution in [0.25, 0.3) is 0 Å². The summed E-state index contributed by atoms with van der Waals surface area (Å²) >= 11 is 0. The molecule has 4 nitrogen and oxygen atoms in total. The Morgan fingerprint density at radius 3 is 2.19 bits per heavy atom. The van der Waals surface area contributed by atoms with Crippen molar-refractivity contribution in [3.8, 4) is 11.5 Å². The molecule has 4 heteroatoms. The largest absolute Gasteiger partial charge is 0.497 e. The monoisotopic (exact) mass is 287 g/mol. The Bertz CT molecular complexity index is 527. The standard InChI is InChI=1S/C17H21NO3/c1-18-12-16(19)17(13-6-4-3-5-7-13)21-15-10-8-14(20-2)9-11-15/h3-11,16-19H,12H2,1-2H3. The van der Waals surface area contributed by atoms with E-state index in [4.69, 9.17) is 9.47 Å². The summed E-state index contributed by atoms with van der Waals surface area (Å²) in [6.07, 6.45) is -1.06. The zero-order chi connectivity index (χ0) is 15.1. The molecule has 0 fully saturated rings. The van der Waals surface area contributed by atoms with E-state index in [2.05, 4.69) is 5.32 Å². The Labute approximate surface area is 125 Å². The van der Waals surface area contributed by atoms with Gasteiger partial charge in [0.2, 0.25) is 0 Å². The minimum Gasteiger partial charge on any atom is -0.497 e. The van der Waals surface area contributed by atoms with Gasteiger partial charge in [0, 0.05) is 6.54 Å². The molecule has 2 atom stereocenters. The van der Waals surface area contributed by atoms with Crippen LogP contribution in [0.2, 0.25) is 0 Å². The SMILES string of the molecule is CNCC(O)C(Oc1ccc(OC)cc1)c1ccccc1. The molecule has 0 amide bonds. The molecule has 0 bridgehead atoms. The predicted molar refractivity (Wildman–Crippen MR) is 82.7 cm³/mol. The van der Waals surface area contributed by atoms with Crippen LogP contribution >= 0.6 is 0 Å². The molecule has 0 aliphatic carbocycles. The number of likely N-dealkylation sites (N-methyl/N-ethyl adjacent to an activating group) is 1. The number of hydrogen-bond acceptors (Lipinski definition) is 4. The molecule has 2 unspecified atom stereocenters. The molecule has 0 saturated carbocycles. The first kappa shape index (κ1) is 15.4. The first-order valence-electron chi connectivity index (χ1n) is 6.93. The smallest absolute Gasteiger partial charge is 0.151 e. The summed E-state index contributed by atoms with van der Waals surface area (Å²) in [5.41, 5.74) is 0.941. The third kappa shape index (κ3) is 4.21. The Balaban J connectivity index is 2.18. The van der Waals surface area contributed by atoms with Crippen LogP contribution < -0.4 is 14.8 Å². The number of ether oxygens (including phenoxy) is 2. The summed E-state index contributed by atoms with van der Waals surface area (Å²) in [5.74, 6) is 1.47. The van der Waals surface area contributed by atoms with Crippen LogP contribution in [0.1, 0.15) is 11.7 Å². The van der Waals surface area contributed by atoms with Gasteiger partial charge in [-0.25, -0.2) is 0 Å². The topological polar surface area (TPSA) is 50.7 Å². The van der Waals surface area contributed by atoms with Crippen molar-refractivity contribution in [1.29, 1.82) is 0 Å². The molecule has 2 aromatic carbocycles. The van der Waals surface area contributed by atoms with E-state index in [9.17, 15) is 5.11 Å². The van der Waals surface area contributed by atoms with Gasteiger partial charge in [-0.3, -0.25) is 0 Å². The van der Waals surface area contributed by atoms with Crippen molar-refractivity contribution in [2.45, 2.75) is 12.2 Å². The lowest BCUT2D eigenvalue weighted by Crippen LogP contribution is -2.32. The van der Waals surface area contributed by atoms with Crippen LogP contribution in [0.15, 0.2) is 54.6 Å². The third-order valence-electron chi connectivity index (χ3n) is 3.21. The molecule has 2 N–H and O–H groups in total. The van der Waals surface area contributed by atoms with Crippen molar-refractivity contribution >= 4 is 0 Å². The highest BCUT2D eigenvalue weighted by molar-refractivity contribution is 5.32. The Morgan fingerprint density at radius 2 is 1.62 bits per heavy atom. The normalized spacial score (nSPS) is 13.5. The molecule has 2 aromatic rings. The van der Waals surface area contributed by atoms with Gasteiger partial charge >= 0.3 is 0 Å². The number of benzene rings is 2. The van der Waals surface area contributed by atoms with E-state index in [0.29, 0.717) is 12.3 Å². The van der Waals surface area contributed by atoms with Crippen molar-refractivity contribution in [3.63, 3.8) is 0 Å². The molecule has 0 aliphatic heterocycles. The van der Waals surface area contributed by atoms with Gasteiger partial charge in [-0.1, -0.05) is 30.3 Å². The summed E-state index contributed by atoms with van der Waals surface area (Å²) in [4.78, 5) is 0. The summed E-state index contributed by atoms with van der Waals surface area (Å²) in [7, 11) is 3.43.